The van der Waals surface area contributed by atoms with E-state index in [-0.39, 0.29) is 10.7 Å². The predicted molar refractivity (Wildman–Crippen MR) is 40.9 cm³/mol. The number of amides is 2. The summed E-state index contributed by atoms with van der Waals surface area (Å²) in [6.07, 6.45) is -0.195. The fourth-order valence-corrected chi connectivity index (χ4v) is 1.88. The van der Waals surface area contributed by atoms with Gasteiger partial charge in [0, 0.05) is 7.05 Å². The van der Waals surface area contributed by atoms with Gasteiger partial charge in [-0.05, 0) is 0 Å². The van der Waals surface area contributed by atoms with E-state index in [1.54, 1.807) is 0 Å². The summed E-state index contributed by atoms with van der Waals surface area (Å²) >= 11 is 0. The Balaban J connectivity index is 2.85. The van der Waals surface area contributed by atoms with E-state index in [0.29, 0.717) is 0 Å². The number of nitrogens with zero attached hydrogens (tertiary/aromatic N) is 1. The zero-order valence-electron chi connectivity index (χ0n) is 6.72. The van der Waals surface area contributed by atoms with Crippen LogP contribution in [0.4, 0.5) is 0 Å². The van der Waals surface area contributed by atoms with E-state index >= 15 is 0 Å². The Morgan fingerprint density at radius 1 is 1.69 bits per heavy atom. The van der Waals surface area contributed by atoms with Crippen LogP contribution in [0.15, 0.2) is 0 Å². The first-order valence-electron chi connectivity index (χ1n) is 3.39. The number of nitrogens with one attached hydrogen (secondary N) is 1. The number of hydrogen-bond acceptors (Lipinski definition) is 4. The number of likely N-dealkylation sites (N-methyl/N-ethyl adjacent to an activating group) is 1. The van der Waals surface area contributed by atoms with Crippen molar-refractivity contribution >= 4 is 22.1 Å². The molecule has 1 atom stereocenters. The lowest BCUT2D eigenvalue weighted by atomic mass is 10.1. The molecule has 0 aliphatic carbocycles. The smallest absolute Gasteiger partial charge is 0.357 e. The Labute approximate surface area is 74.6 Å². The fraction of sp³-hybridized carbons (Fsp3) is 0.600. The summed E-state index contributed by atoms with van der Waals surface area (Å²) < 4.78 is 29.7. The number of carbonyl (C=O) groups is 2. The van der Waals surface area contributed by atoms with E-state index in [1.807, 2.05) is 0 Å². The van der Waals surface area contributed by atoms with Crippen LogP contribution in [0.5, 0.6) is 0 Å². The molecule has 1 fully saturated rings. The highest BCUT2D eigenvalue weighted by molar-refractivity contribution is 7.84. The molecule has 13 heavy (non-hydrogen) atoms. The zero-order chi connectivity index (χ0) is 10.2. The first kappa shape index (κ1) is 9.93. The molecule has 2 amide bonds. The van der Waals surface area contributed by atoms with E-state index in [9.17, 15) is 18.0 Å². The van der Waals surface area contributed by atoms with Crippen LogP contribution in [0.2, 0.25) is 0 Å². The maximum atomic E-state index is 10.9. The molecular weight excluding hydrogens is 200 g/mol. The molecule has 1 aliphatic heterocycles. The predicted octanol–water partition coefficient (Wildman–Crippen LogP) is -1.86. The van der Waals surface area contributed by atoms with Gasteiger partial charge < -0.3 is 5.32 Å². The third-order valence-corrected chi connectivity index (χ3v) is 2.65. The third-order valence-electron chi connectivity index (χ3n) is 1.69. The zero-order valence-corrected chi connectivity index (χ0v) is 7.54. The lowest BCUT2D eigenvalue weighted by Crippen LogP contribution is -2.61. The molecule has 1 heterocycles. The van der Waals surface area contributed by atoms with Crippen LogP contribution in [0.25, 0.3) is 0 Å². The highest BCUT2D eigenvalue weighted by Crippen LogP contribution is 2.22. The van der Waals surface area contributed by atoms with Crippen LogP contribution >= 0.6 is 0 Å². The average molecular weight is 208 g/mol. The van der Waals surface area contributed by atoms with Crippen molar-refractivity contribution in [2.45, 2.75) is 12.5 Å². The number of rotatable bonds is 2. The summed E-state index contributed by atoms with van der Waals surface area (Å²) in [6.45, 7) is 0. The Morgan fingerprint density at radius 3 is 2.54 bits per heavy atom. The number of hydrogen-bond donors (Lipinski definition) is 2. The van der Waals surface area contributed by atoms with Gasteiger partial charge >= 0.3 is 10.3 Å². The summed E-state index contributed by atoms with van der Waals surface area (Å²) in [4.78, 5) is 21.6. The summed E-state index contributed by atoms with van der Waals surface area (Å²) in [5.41, 5.74) is 0. The quantitative estimate of drug-likeness (QED) is 0.409. The Kier molecular flexibility index (Phi) is 2.26. The van der Waals surface area contributed by atoms with Gasteiger partial charge in [0.05, 0.1) is 6.42 Å². The van der Waals surface area contributed by atoms with Crippen molar-refractivity contribution in [1.29, 1.82) is 0 Å². The molecule has 0 bridgehead atoms. The first-order valence-corrected chi connectivity index (χ1v) is 4.79. The van der Waals surface area contributed by atoms with Crippen molar-refractivity contribution in [3.05, 3.63) is 0 Å². The Hall–Kier alpha value is -1.15. The minimum Gasteiger partial charge on any atom is -0.357 e. The van der Waals surface area contributed by atoms with Gasteiger partial charge in [0.1, 0.15) is 6.04 Å². The molecule has 2 N–H and O–H groups in total. The van der Waals surface area contributed by atoms with Crippen LogP contribution in [0, 0.1) is 0 Å². The molecule has 7 nitrogen and oxygen atoms in total. The maximum Gasteiger partial charge on any atom is 0.362 e. The van der Waals surface area contributed by atoms with Crippen molar-refractivity contribution in [2.75, 3.05) is 7.05 Å². The van der Waals surface area contributed by atoms with Gasteiger partial charge in [0.25, 0.3) is 0 Å². The van der Waals surface area contributed by atoms with Gasteiger partial charge in [-0.3, -0.25) is 14.1 Å². The molecule has 1 unspecified atom stereocenters. The van der Waals surface area contributed by atoms with E-state index in [4.69, 9.17) is 4.55 Å². The molecule has 0 spiro atoms. The van der Waals surface area contributed by atoms with Crippen LogP contribution in [0.1, 0.15) is 6.42 Å². The Bertz CT molecular complexity index is 348. The highest BCUT2D eigenvalue weighted by Gasteiger charge is 2.47. The van der Waals surface area contributed by atoms with Gasteiger partial charge in [-0.2, -0.15) is 8.42 Å². The monoisotopic (exact) mass is 208 g/mol. The van der Waals surface area contributed by atoms with E-state index in [1.165, 1.54) is 7.05 Å². The molecule has 0 aromatic rings. The first-order chi connectivity index (χ1) is 5.88. The normalized spacial score (nSPS) is 22.5. The minimum atomic E-state index is -4.60. The van der Waals surface area contributed by atoms with E-state index in [2.05, 4.69) is 5.32 Å². The average Bonchev–Trinajstić information content (AvgIpc) is 1.95. The molecular formula is C5H8N2O5S. The maximum absolute atomic E-state index is 10.9. The van der Waals surface area contributed by atoms with Crippen molar-refractivity contribution in [3.63, 3.8) is 0 Å². The topological polar surface area (TPSA) is 104 Å². The van der Waals surface area contributed by atoms with Gasteiger partial charge in [-0.25, -0.2) is 4.31 Å². The summed E-state index contributed by atoms with van der Waals surface area (Å²) in [6, 6.07) is -1.10. The number of carbonyl (C=O) groups excluding carboxylic acids is 2. The molecule has 8 heteroatoms. The van der Waals surface area contributed by atoms with Gasteiger partial charge in [0.2, 0.25) is 11.8 Å². The molecule has 1 aliphatic rings. The molecule has 1 rings (SSSR count). The largest absolute Gasteiger partial charge is 0.362 e. The fourth-order valence-electron chi connectivity index (χ4n) is 1.05. The van der Waals surface area contributed by atoms with Gasteiger partial charge in [0.15, 0.2) is 0 Å². The van der Waals surface area contributed by atoms with E-state index in [0.717, 1.165) is 0 Å². The molecule has 0 saturated carbocycles. The van der Waals surface area contributed by atoms with Crippen molar-refractivity contribution < 1.29 is 22.6 Å². The number of β-lactam (4-membered cyclic amide) rings is 1. The molecule has 0 aromatic carbocycles. The SMILES string of the molecule is CNC(=O)C1CC(=O)N1S(=O)(=O)O. The second-order valence-corrected chi connectivity index (χ2v) is 3.79. The van der Waals surface area contributed by atoms with Crippen LogP contribution in [-0.2, 0) is 19.9 Å². The Morgan fingerprint density at radius 2 is 2.23 bits per heavy atom. The van der Waals surface area contributed by atoms with Crippen LogP contribution < -0.4 is 5.32 Å². The molecule has 0 radical (unpaired) electrons. The molecule has 0 aromatic heterocycles. The van der Waals surface area contributed by atoms with Crippen molar-refractivity contribution in [3.8, 4) is 0 Å². The van der Waals surface area contributed by atoms with Crippen LogP contribution in [0.3, 0.4) is 0 Å². The van der Waals surface area contributed by atoms with Gasteiger partial charge in [-0.15, -0.1) is 0 Å². The summed E-state index contributed by atoms with van der Waals surface area (Å²) in [7, 11) is -3.28. The van der Waals surface area contributed by atoms with Crippen molar-refractivity contribution in [1.82, 2.24) is 9.62 Å². The standard InChI is InChI=1S/C5H8N2O5S/c1-6-5(9)3-2-4(8)7(3)13(10,11)12/h3H,2H2,1H3,(H,6,9)(H,10,11,12). The summed E-state index contributed by atoms with van der Waals surface area (Å²) in [5.74, 6) is -1.40. The molecule has 1 saturated heterocycles. The second-order valence-electron chi connectivity index (χ2n) is 2.50. The second kappa shape index (κ2) is 2.96. The van der Waals surface area contributed by atoms with Crippen LogP contribution in [-0.4, -0.2) is 42.2 Å². The highest BCUT2D eigenvalue weighted by atomic mass is 32.2. The van der Waals surface area contributed by atoms with Gasteiger partial charge in [-0.1, -0.05) is 0 Å². The third kappa shape index (κ3) is 1.63. The lowest BCUT2D eigenvalue weighted by molar-refractivity contribution is -0.146. The lowest BCUT2D eigenvalue weighted by Gasteiger charge is -2.35. The minimum absolute atomic E-state index is 0.159. The molecule has 74 valence electrons. The van der Waals surface area contributed by atoms with Crippen molar-refractivity contribution in [2.24, 2.45) is 0 Å². The van der Waals surface area contributed by atoms with E-state index < -0.39 is 28.2 Å². The summed E-state index contributed by atoms with van der Waals surface area (Å²) in [5, 5.41) is 2.18.